The van der Waals surface area contributed by atoms with E-state index in [1.165, 1.54) is 19.3 Å². The highest BCUT2D eigenvalue weighted by atomic mass is 16.7. The number of nitrogens with zero attached hydrogens (tertiary/aromatic N) is 1. The summed E-state index contributed by atoms with van der Waals surface area (Å²) in [6.07, 6.45) is 5.74. The van der Waals surface area contributed by atoms with Crippen LogP contribution in [-0.2, 0) is 0 Å². The van der Waals surface area contributed by atoms with Gasteiger partial charge in [-0.2, -0.15) is 0 Å². The van der Waals surface area contributed by atoms with E-state index in [0.29, 0.717) is 0 Å². The summed E-state index contributed by atoms with van der Waals surface area (Å²) in [5, 5.41) is 11.4. The summed E-state index contributed by atoms with van der Waals surface area (Å²) in [6.45, 7) is 0. The zero-order valence-corrected chi connectivity index (χ0v) is 4.93. The Bertz CT molecular complexity index is 90.7. The summed E-state index contributed by atoms with van der Waals surface area (Å²) in [5.74, 6) is 0. The third kappa shape index (κ3) is 1.22. The molecule has 0 unspecified atom stereocenters. The largest absolute Gasteiger partial charge is 0.411 e. The third-order valence-corrected chi connectivity index (χ3v) is 1.57. The third-order valence-electron chi connectivity index (χ3n) is 1.57. The molecular formula is C6H11NO. The van der Waals surface area contributed by atoms with Crippen LogP contribution in [0.4, 0.5) is 0 Å². The molecule has 0 aromatic rings. The summed E-state index contributed by atoms with van der Waals surface area (Å²) in [6, 6.07) is 0. The monoisotopic (exact) mass is 114 g/mol. The summed E-state index contributed by atoms with van der Waals surface area (Å²) in [4.78, 5) is 0. The van der Waals surface area contributed by atoms with Gasteiger partial charge in [-0.25, -0.2) is 0 Å². The Morgan fingerprint density at radius 3 is 2.12 bits per heavy atom. The predicted molar refractivity (Wildman–Crippen MR) is 32.3 cm³/mol. The van der Waals surface area contributed by atoms with Crippen molar-refractivity contribution in [3.05, 3.63) is 0 Å². The fraction of sp³-hybridized carbons (Fsp3) is 0.833. The minimum atomic E-state index is 0.983. The van der Waals surface area contributed by atoms with Crippen LogP contribution in [0.1, 0.15) is 32.1 Å². The molecule has 0 aliphatic heterocycles. The maximum atomic E-state index is 8.28. The van der Waals surface area contributed by atoms with Gasteiger partial charge in [-0.1, -0.05) is 11.6 Å². The fourth-order valence-corrected chi connectivity index (χ4v) is 1.06. The molecule has 0 bridgehead atoms. The van der Waals surface area contributed by atoms with Crippen LogP contribution >= 0.6 is 0 Å². The molecule has 0 radical (unpaired) electrons. The molecule has 1 aliphatic rings. The molecule has 0 aromatic carbocycles. The molecule has 0 aromatic heterocycles. The van der Waals surface area contributed by atoms with E-state index in [2.05, 4.69) is 5.16 Å². The van der Waals surface area contributed by atoms with E-state index in [0.717, 1.165) is 18.6 Å². The first-order valence-electron chi connectivity index (χ1n) is 3.13. The molecule has 46 valence electrons. The Kier molecular flexibility index (Phi) is 1.89. The number of rotatable bonds is 0. The van der Waals surface area contributed by atoms with Crippen LogP contribution in [0.2, 0.25) is 0 Å². The van der Waals surface area contributed by atoms with Crippen LogP contribution in [0, 0.1) is 0 Å². The van der Waals surface area contributed by atoms with E-state index < -0.39 is 0 Å². The standard InChI is InChI=1S/C6H11NO/c8-7-6-4-2-1-3-5-6/h8H,1-5H2/i7+1. The SMILES string of the molecule is O[15N]=C1CCCCC1. The van der Waals surface area contributed by atoms with Gasteiger partial charge in [-0.05, 0) is 25.7 Å². The molecule has 1 N–H and O–H groups in total. The molecule has 1 saturated carbocycles. The molecule has 0 atom stereocenters. The Morgan fingerprint density at radius 1 is 1.12 bits per heavy atom. The van der Waals surface area contributed by atoms with Crippen LogP contribution in [0.15, 0.2) is 5.16 Å². The van der Waals surface area contributed by atoms with Gasteiger partial charge in [0.2, 0.25) is 0 Å². The van der Waals surface area contributed by atoms with Gasteiger partial charge in [-0.15, -0.1) is 0 Å². The molecule has 1 rings (SSSR count). The zero-order valence-electron chi connectivity index (χ0n) is 4.93. The summed E-state index contributed by atoms with van der Waals surface area (Å²) in [7, 11) is 0. The average molecular weight is 114 g/mol. The molecule has 0 spiro atoms. The van der Waals surface area contributed by atoms with E-state index >= 15 is 0 Å². The fourth-order valence-electron chi connectivity index (χ4n) is 1.06. The molecule has 2 heteroatoms. The van der Waals surface area contributed by atoms with Crippen molar-refractivity contribution in [1.82, 2.24) is 0 Å². The first-order chi connectivity index (χ1) is 3.93. The van der Waals surface area contributed by atoms with Gasteiger partial charge in [0, 0.05) is 0 Å². The quantitative estimate of drug-likeness (QED) is 0.290. The lowest BCUT2D eigenvalue weighted by Crippen LogP contribution is -2.03. The van der Waals surface area contributed by atoms with Crippen LogP contribution in [0.3, 0.4) is 0 Å². The van der Waals surface area contributed by atoms with Gasteiger partial charge < -0.3 is 5.21 Å². The Balaban J connectivity index is 2.33. The lowest BCUT2D eigenvalue weighted by Gasteiger charge is -2.08. The van der Waals surface area contributed by atoms with E-state index in [1.54, 1.807) is 0 Å². The lowest BCUT2D eigenvalue weighted by molar-refractivity contribution is 0.314. The maximum absolute atomic E-state index is 8.28. The van der Waals surface area contributed by atoms with Crippen molar-refractivity contribution in [3.63, 3.8) is 0 Å². The Labute approximate surface area is 49.2 Å². The summed E-state index contributed by atoms with van der Waals surface area (Å²) < 4.78 is 0. The minimum absolute atomic E-state index is 0.983. The van der Waals surface area contributed by atoms with Crippen molar-refractivity contribution in [2.45, 2.75) is 32.1 Å². The number of oxime groups is 1. The maximum Gasteiger partial charge on any atom is 0.0570 e. The predicted octanol–water partition coefficient (Wildman–Crippen LogP) is 1.78. The van der Waals surface area contributed by atoms with Crippen LogP contribution in [-0.4, -0.2) is 10.9 Å². The van der Waals surface area contributed by atoms with E-state index in [9.17, 15) is 0 Å². The van der Waals surface area contributed by atoms with Gasteiger partial charge in [-0.3, -0.25) is 0 Å². The van der Waals surface area contributed by atoms with Gasteiger partial charge >= 0.3 is 0 Å². The average Bonchev–Trinajstić information content (AvgIpc) is 1.90. The van der Waals surface area contributed by atoms with Gasteiger partial charge in [0.15, 0.2) is 0 Å². The van der Waals surface area contributed by atoms with Crippen molar-refractivity contribution in [3.8, 4) is 0 Å². The summed E-state index contributed by atoms with van der Waals surface area (Å²) in [5.41, 5.74) is 0.983. The van der Waals surface area contributed by atoms with Crippen molar-refractivity contribution < 1.29 is 5.21 Å². The highest BCUT2D eigenvalue weighted by Gasteiger charge is 2.05. The molecule has 2 nitrogen and oxygen atoms in total. The summed E-state index contributed by atoms with van der Waals surface area (Å²) >= 11 is 0. The normalized spacial score (nSPS) is 20.8. The van der Waals surface area contributed by atoms with Gasteiger partial charge in [0.05, 0.1) is 5.71 Å². The molecular weight excluding hydrogens is 103 g/mol. The van der Waals surface area contributed by atoms with Gasteiger partial charge in [0.1, 0.15) is 0 Å². The molecule has 0 saturated heterocycles. The van der Waals surface area contributed by atoms with Crippen molar-refractivity contribution in [2.24, 2.45) is 5.16 Å². The topological polar surface area (TPSA) is 32.6 Å². The Hall–Kier alpha value is -0.530. The van der Waals surface area contributed by atoms with Crippen molar-refractivity contribution >= 4 is 5.71 Å². The van der Waals surface area contributed by atoms with Crippen molar-refractivity contribution in [2.75, 3.05) is 0 Å². The van der Waals surface area contributed by atoms with E-state index in [-0.39, 0.29) is 0 Å². The van der Waals surface area contributed by atoms with Gasteiger partial charge in [0.25, 0.3) is 0 Å². The zero-order chi connectivity index (χ0) is 5.82. The van der Waals surface area contributed by atoms with Crippen LogP contribution in [0.25, 0.3) is 0 Å². The van der Waals surface area contributed by atoms with Crippen molar-refractivity contribution in [1.29, 1.82) is 0 Å². The second-order valence-electron chi connectivity index (χ2n) is 2.23. The first-order valence-corrected chi connectivity index (χ1v) is 3.13. The second-order valence-corrected chi connectivity index (χ2v) is 2.23. The highest BCUT2D eigenvalue weighted by Crippen LogP contribution is 2.13. The highest BCUT2D eigenvalue weighted by molar-refractivity contribution is 5.84. The first kappa shape index (κ1) is 5.60. The number of hydrogen-bond acceptors (Lipinski definition) is 2. The number of hydrogen-bond donors (Lipinski definition) is 1. The molecule has 0 amide bonds. The molecule has 1 fully saturated rings. The Morgan fingerprint density at radius 2 is 1.75 bits per heavy atom. The lowest BCUT2D eigenvalue weighted by atomic mass is 9.99. The molecule has 0 heterocycles. The smallest absolute Gasteiger partial charge is 0.0570 e. The van der Waals surface area contributed by atoms with E-state index in [4.69, 9.17) is 5.21 Å². The second kappa shape index (κ2) is 2.70. The molecule has 8 heavy (non-hydrogen) atoms. The van der Waals surface area contributed by atoms with Crippen LogP contribution in [0.5, 0.6) is 0 Å². The molecule has 1 aliphatic carbocycles. The van der Waals surface area contributed by atoms with E-state index in [1.807, 2.05) is 0 Å². The minimum Gasteiger partial charge on any atom is -0.411 e. The van der Waals surface area contributed by atoms with Crippen LogP contribution < -0.4 is 0 Å².